The van der Waals surface area contributed by atoms with E-state index in [1.54, 1.807) is 4.90 Å². The van der Waals surface area contributed by atoms with Crippen LogP contribution in [0, 0.1) is 11.8 Å². The molecule has 2 saturated carbocycles. The van der Waals surface area contributed by atoms with Crippen LogP contribution in [0.15, 0.2) is 42.5 Å². The predicted molar refractivity (Wildman–Crippen MR) is 157 cm³/mol. The van der Waals surface area contributed by atoms with E-state index in [0.29, 0.717) is 6.54 Å². The molecule has 2 aromatic carbocycles. The third-order valence-corrected chi connectivity index (χ3v) is 8.54. The summed E-state index contributed by atoms with van der Waals surface area (Å²) in [5, 5.41) is 12.5. The lowest BCUT2D eigenvalue weighted by Crippen LogP contribution is -2.44. The van der Waals surface area contributed by atoms with Crippen LogP contribution < -0.4 is 10.2 Å². The molecule has 0 aromatic heterocycles. The molecule has 1 heterocycles. The van der Waals surface area contributed by atoms with Crippen molar-refractivity contribution in [2.24, 2.45) is 11.8 Å². The van der Waals surface area contributed by atoms with Gasteiger partial charge in [0.05, 0.1) is 17.8 Å². The maximum atomic E-state index is 13.3. The number of nitrogens with zero attached hydrogens (tertiary/aromatic N) is 3. The molecule has 0 atom stereocenters. The molecule has 214 valence electrons. The summed E-state index contributed by atoms with van der Waals surface area (Å²) in [7, 11) is 2.14. The molecule has 8 nitrogen and oxygen atoms in total. The van der Waals surface area contributed by atoms with Gasteiger partial charge in [-0.05, 0) is 67.6 Å². The van der Waals surface area contributed by atoms with Crippen molar-refractivity contribution in [1.82, 2.24) is 9.80 Å². The minimum Gasteiger partial charge on any atom is -0.481 e. The largest absolute Gasteiger partial charge is 0.481 e. The average Bonchev–Trinajstić information content (AvgIpc) is 3.82. The monoisotopic (exact) mass is 546 g/mol. The van der Waals surface area contributed by atoms with Crippen LogP contribution in [0.4, 0.5) is 11.4 Å². The standard InChI is InChI=1S/C32H42N4O4/c1-34-16-18-35(19-17-34)29-13-12-27(21-28(29)33-31(39)24-7-3-2-4-8-24)26-9-5-6-23(20-26)22-36(15-14-30(37)38)32(40)25-10-11-25/h5-6,9,12-13,20-21,24-25H,2-4,7-8,10-11,14-19,22H2,1H3,(H,33,39)(H,37,38). The van der Waals surface area contributed by atoms with Crippen molar-refractivity contribution < 1.29 is 19.5 Å². The Morgan fingerprint density at radius 1 is 0.900 bits per heavy atom. The number of carbonyl (C=O) groups is 3. The maximum Gasteiger partial charge on any atom is 0.305 e. The Morgan fingerprint density at radius 2 is 1.62 bits per heavy atom. The SMILES string of the molecule is CN1CCN(c2ccc(-c3cccc(CN(CCC(=O)O)C(=O)C4CC4)c3)cc2NC(=O)C2CCCCC2)CC1. The van der Waals surface area contributed by atoms with Gasteiger partial charge in [0.1, 0.15) is 0 Å². The van der Waals surface area contributed by atoms with Gasteiger partial charge in [-0.15, -0.1) is 0 Å². The number of rotatable bonds is 10. The van der Waals surface area contributed by atoms with E-state index in [2.05, 4.69) is 46.4 Å². The highest BCUT2D eigenvalue weighted by Gasteiger charge is 2.33. The molecule has 0 bridgehead atoms. The number of carbonyl (C=O) groups excluding carboxylic acids is 2. The Morgan fingerprint density at radius 3 is 2.33 bits per heavy atom. The van der Waals surface area contributed by atoms with Gasteiger partial charge < -0.3 is 25.1 Å². The minimum absolute atomic E-state index is 0.0365. The molecule has 0 radical (unpaired) electrons. The van der Waals surface area contributed by atoms with Crippen molar-refractivity contribution in [1.29, 1.82) is 0 Å². The molecule has 0 unspecified atom stereocenters. The van der Waals surface area contributed by atoms with E-state index in [1.807, 2.05) is 18.2 Å². The van der Waals surface area contributed by atoms with Crippen molar-refractivity contribution in [3.8, 4) is 11.1 Å². The topological polar surface area (TPSA) is 93.2 Å². The zero-order chi connectivity index (χ0) is 28.1. The van der Waals surface area contributed by atoms with Gasteiger partial charge >= 0.3 is 5.97 Å². The number of hydrogen-bond acceptors (Lipinski definition) is 5. The van der Waals surface area contributed by atoms with Gasteiger partial charge in [-0.1, -0.05) is 43.5 Å². The number of amides is 2. The molecule has 3 fully saturated rings. The highest BCUT2D eigenvalue weighted by molar-refractivity contribution is 5.97. The fourth-order valence-electron chi connectivity index (χ4n) is 5.89. The Labute approximate surface area is 237 Å². The van der Waals surface area contributed by atoms with Crippen LogP contribution in [-0.2, 0) is 20.9 Å². The average molecular weight is 547 g/mol. The van der Waals surface area contributed by atoms with Crippen molar-refractivity contribution in [3.63, 3.8) is 0 Å². The Balaban J connectivity index is 1.39. The van der Waals surface area contributed by atoms with Crippen molar-refractivity contribution >= 4 is 29.2 Å². The molecule has 2 aromatic rings. The van der Waals surface area contributed by atoms with Crippen molar-refractivity contribution in [2.45, 2.75) is 57.9 Å². The molecule has 8 heteroatoms. The smallest absolute Gasteiger partial charge is 0.305 e. The first-order valence-electron chi connectivity index (χ1n) is 14.9. The summed E-state index contributed by atoms with van der Waals surface area (Å²) < 4.78 is 0. The second-order valence-corrected chi connectivity index (χ2v) is 11.7. The number of carboxylic acids is 1. The number of nitrogens with one attached hydrogen (secondary N) is 1. The fraction of sp³-hybridized carbons (Fsp3) is 0.531. The van der Waals surface area contributed by atoms with Crippen LogP contribution in [0.2, 0.25) is 0 Å². The van der Waals surface area contributed by atoms with E-state index in [-0.39, 0.29) is 36.6 Å². The van der Waals surface area contributed by atoms with Gasteiger partial charge in [0, 0.05) is 51.1 Å². The Kier molecular flexibility index (Phi) is 9.04. The van der Waals surface area contributed by atoms with E-state index in [4.69, 9.17) is 0 Å². The zero-order valence-corrected chi connectivity index (χ0v) is 23.6. The van der Waals surface area contributed by atoms with Gasteiger partial charge in [-0.3, -0.25) is 14.4 Å². The number of aliphatic carboxylic acids is 1. The van der Waals surface area contributed by atoms with Crippen LogP contribution in [0.1, 0.15) is 56.9 Å². The number of likely N-dealkylation sites (N-methyl/N-ethyl adjacent to an activating group) is 1. The summed E-state index contributed by atoms with van der Waals surface area (Å²) >= 11 is 0. The lowest BCUT2D eigenvalue weighted by atomic mass is 9.88. The summed E-state index contributed by atoms with van der Waals surface area (Å²) in [6.45, 7) is 4.40. The predicted octanol–water partition coefficient (Wildman–Crippen LogP) is 4.84. The zero-order valence-electron chi connectivity index (χ0n) is 23.6. The second kappa shape index (κ2) is 12.9. The number of carboxylic acid groups (broad SMARTS) is 1. The van der Waals surface area contributed by atoms with Crippen molar-refractivity contribution in [3.05, 3.63) is 48.0 Å². The summed E-state index contributed by atoms with van der Waals surface area (Å²) in [6, 6.07) is 14.4. The number of piperazine rings is 1. The van der Waals surface area contributed by atoms with E-state index in [9.17, 15) is 19.5 Å². The highest BCUT2D eigenvalue weighted by Crippen LogP contribution is 2.35. The summed E-state index contributed by atoms with van der Waals surface area (Å²) in [6.07, 6.45) is 7.06. The van der Waals surface area contributed by atoms with E-state index in [0.717, 1.165) is 92.8 Å². The van der Waals surface area contributed by atoms with Gasteiger partial charge in [0.15, 0.2) is 0 Å². The van der Waals surface area contributed by atoms with E-state index in [1.165, 1.54) is 6.42 Å². The van der Waals surface area contributed by atoms with Crippen LogP contribution in [0.5, 0.6) is 0 Å². The molecule has 1 saturated heterocycles. The Bertz CT molecular complexity index is 1210. The van der Waals surface area contributed by atoms with Gasteiger partial charge in [-0.25, -0.2) is 0 Å². The number of hydrogen-bond donors (Lipinski definition) is 2. The normalized spacial score (nSPS) is 18.4. The highest BCUT2D eigenvalue weighted by atomic mass is 16.4. The molecule has 1 aliphatic heterocycles. The van der Waals surface area contributed by atoms with Crippen molar-refractivity contribution in [2.75, 3.05) is 50.0 Å². The van der Waals surface area contributed by atoms with E-state index >= 15 is 0 Å². The minimum atomic E-state index is -0.898. The molecular weight excluding hydrogens is 504 g/mol. The number of benzene rings is 2. The van der Waals surface area contributed by atoms with Crippen LogP contribution in [0.3, 0.4) is 0 Å². The summed E-state index contributed by atoms with van der Waals surface area (Å²) in [4.78, 5) is 43.7. The number of anilines is 2. The first-order chi connectivity index (χ1) is 19.4. The lowest BCUT2D eigenvalue weighted by molar-refractivity contribution is -0.139. The molecule has 0 spiro atoms. The molecule has 2 aliphatic carbocycles. The van der Waals surface area contributed by atoms with Gasteiger partial charge in [-0.2, -0.15) is 0 Å². The summed E-state index contributed by atoms with van der Waals surface area (Å²) in [5.41, 5.74) is 4.90. The first-order valence-corrected chi connectivity index (χ1v) is 14.9. The quantitative estimate of drug-likeness (QED) is 0.443. The summed E-state index contributed by atoms with van der Waals surface area (Å²) in [5.74, 6) is -0.619. The van der Waals surface area contributed by atoms with Gasteiger partial charge in [0.25, 0.3) is 0 Å². The first kappa shape index (κ1) is 28.1. The van der Waals surface area contributed by atoms with Crippen LogP contribution in [-0.4, -0.2) is 72.5 Å². The third kappa shape index (κ3) is 7.22. The Hall–Kier alpha value is -3.39. The molecule has 5 rings (SSSR count). The molecule has 3 aliphatic rings. The maximum absolute atomic E-state index is 13.3. The molecule has 2 N–H and O–H groups in total. The molecule has 2 amide bonds. The third-order valence-electron chi connectivity index (χ3n) is 8.54. The van der Waals surface area contributed by atoms with Gasteiger partial charge in [0.2, 0.25) is 11.8 Å². The fourth-order valence-corrected chi connectivity index (χ4v) is 5.89. The molecular formula is C32H42N4O4. The van der Waals surface area contributed by atoms with E-state index < -0.39 is 5.97 Å². The van der Waals surface area contributed by atoms with Crippen LogP contribution >= 0.6 is 0 Å². The van der Waals surface area contributed by atoms with Crippen LogP contribution in [0.25, 0.3) is 11.1 Å². The lowest BCUT2D eigenvalue weighted by Gasteiger charge is -2.35. The second-order valence-electron chi connectivity index (χ2n) is 11.7. The molecule has 40 heavy (non-hydrogen) atoms.